The predicted molar refractivity (Wildman–Crippen MR) is 140 cm³/mol. The second-order valence-electron chi connectivity index (χ2n) is 9.23. The minimum absolute atomic E-state index is 0.0347. The summed E-state index contributed by atoms with van der Waals surface area (Å²) in [5, 5.41) is 2.90. The van der Waals surface area contributed by atoms with Crippen LogP contribution in [0.4, 0.5) is 24.5 Å². The smallest absolute Gasteiger partial charge is 0.322 e. The first kappa shape index (κ1) is 25.2. The summed E-state index contributed by atoms with van der Waals surface area (Å²) >= 11 is 0. The van der Waals surface area contributed by atoms with Crippen molar-refractivity contribution in [1.82, 2.24) is 4.98 Å². The van der Waals surface area contributed by atoms with Gasteiger partial charge >= 0.3 is 6.18 Å². The number of nitrogens with one attached hydrogen (secondary N) is 1. The molecule has 0 radical (unpaired) electrons. The Kier molecular flexibility index (Phi) is 6.72. The van der Waals surface area contributed by atoms with E-state index in [4.69, 9.17) is 0 Å². The predicted octanol–water partition coefficient (Wildman–Crippen LogP) is 6.54. The average Bonchev–Trinajstić information content (AvgIpc) is 3.23. The fraction of sp³-hybridized carbons (Fsp3) is 0.167. The number of hydrogen-bond acceptors (Lipinski definition) is 3. The first-order chi connectivity index (χ1) is 18.2. The number of hydrogen-bond donors (Lipinski definition) is 1. The van der Waals surface area contributed by atoms with Crippen LogP contribution in [0.3, 0.4) is 0 Å². The number of fused-ring (bicyclic) bond motifs is 1. The highest BCUT2D eigenvalue weighted by Gasteiger charge is 2.32. The van der Waals surface area contributed by atoms with Crippen molar-refractivity contribution < 1.29 is 22.8 Å². The highest BCUT2D eigenvalue weighted by Crippen LogP contribution is 2.35. The lowest BCUT2D eigenvalue weighted by molar-refractivity contribution is -0.137. The van der Waals surface area contributed by atoms with E-state index in [0.717, 1.165) is 23.4 Å². The summed E-state index contributed by atoms with van der Waals surface area (Å²) in [4.78, 5) is 32.3. The van der Waals surface area contributed by atoms with E-state index < -0.39 is 11.7 Å². The Labute approximate surface area is 218 Å². The van der Waals surface area contributed by atoms with Crippen LogP contribution in [0.25, 0.3) is 11.1 Å². The van der Waals surface area contributed by atoms with Crippen LogP contribution in [-0.2, 0) is 23.8 Å². The van der Waals surface area contributed by atoms with Crippen molar-refractivity contribution in [2.75, 3.05) is 10.2 Å². The van der Waals surface area contributed by atoms with Crippen LogP contribution < -0.4 is 10.2 Å². The first-order valence-corrected chi connectivity index (χ1v) is 12.1. The van der Waals surface area contributed by atoms with Gasteiger partial charge in [0.2, 0.25) is 5.91 Å². The van der Waals surface area contributed by atoms with Crippen LogP contribution in [0.2, 0.25) is 0 Å². The fourth-order valence-electron chi connectivity index (χ4n) is 4.80. The number of benzene rings is 3. The molecule has 1 aromatic heterocycles. The molecule has 0 saturated carbocycles. The van der Waals surface area contributed by atoms with Gasteiger partial charge in [0, 0.05) is 34.9 Å². The molecule has 3 aromatic carbocycles. The van der Waals surface area contributed by atoms with E-state index >= 15 is 0 Å². The molecule has 192 valence electrons. The molecule has 5 nitrogen and oxygen atoms in total. The Hall–Kier alpha value is -4.46. The minimum atomic E-state index is -4.43. The molecule has 38 heavy (non-hydrogen) atoms. The van der Waals surface area contributed by atoms with Crippen molar-refractivity contribution in [2.24, 2.45) is 0 Å². The Morgan fingerprint density at radius 1 is 0.974 bits per heavy atom. The molecule has 5 rings (SSSR count). The quantitative estimate of drug-likeness (QED) is 0.328. The van der Waals surface area contributed by atoms with Crippen LogP contribution in [0, 0.1) is 0 Å². The molecular weight excluding hydrogens is 491 g/mol. The molecule has 1 atom stereocenters. The topological polar surface area (TPSA) is 62.3 Å². The molecule has 2 heterocycles. The van der Waals surface area contributed by atoms with Gasteiger partial charge in [0.25, 0.3) is 5.91 Å². The molecule has 0 bridgehead atoms. The summed E-state index contributed by atoms with van der Waals surface area (Å²) < 4.78 is 38.9. The number of halogens is 3. The van der Waals surface area contributed by atoms with Gasteiger partial charge in [-0.3, -0.25) is 14.6 Å². The van der Waals surface area contributed by atoms with Crippen LogP contribution in [0.15, 0.2) is 91.1 Å². The highest BCUT2D eigenvalue weighted by atomic mass is 19.4. The number of carbonyl (C=O) groups is 2. The third-order valence-corrected chi connectivity index (χ3v) is 6.58. The summed E-state index contributed by atoms with van der Waals surface area (Å²) in [6, 6.07) is 22.4. The van der Waals surface area contributed by atoms with Gasteiger partial charge in [-0.15, -0.1) is 0 Å². The summed E-state index contributed by atoms with van der Waals surface area (Å²) in [7, 11) is 0. The first-order valence-electron chi connectivity index (χ1n) is 12.1. The number of alkyl halides is 3. The van der Waals surface area contributed by atoms with E-state index in [1.165, 1.54) is 12.1 Å². The van der Waals surface area contributed by atoms with Gasteiger partial charge in [0.1, 0.15) is 0 Å². The lowest BCUT2D eigenvalue weighted by atomic mass is 9.98. The zero-order chi connectivity index (χ0) is 26.9. The normalized spacial score (nSPS) is 14.7. The number of rotatable bonds is 5. The van der Waals surface area contributed by atoms with E-state index in [-0.39, 0.29) is 24.3 Å². The van der Waals surface area contributed by atoms with Crippen molar-refractivity contribution in [3.63, 3.8) is 0 Å². The molecule has 0 aliphatic carbocycles. The standard InChI is InChI=1S/C30H24F3N3O2/c1-19-16-21-17-24(13-14-27(21)36(19)28(37)18-23-6-4-5-15-34-23)35-29(38)26-8-3-2-7-25(26)20-9-11-22(12-10-20)30(31,32)33/h2-15,17,19H,16,18H2,1H3,(H,35,38). The van der Waals surface area contributed by atoms with Gasteiger partial charge in [-0.05, 0) is 78.6 Å². The van der Waals surface area contributed by atoms with Gasteiger partial charge in [-0.25, -0.2) is 0 Å². The van der Waals surface area contributed by atoms with Crippen molar-refractivity contribution in [3.05, 3.63) is 114 Å². The second-order valence-corrected chi connectivity index (χ2v) is 9.23. The van der Waals surface area contributed by atoms with Gasteiger partial charge in [0.05, 0.1) is 12.0 Å². The largest absolute Gasteiger partial charge is 0.416 e. The van der Waals surface area contributed by atoms with Crippen LogP contribution in [0.1, 0.15) is 34.1 Å². The lowest BCUT2D eigenvalue weighted by Crippen LogP contribution is -2.36. The fourth-order valence-corrected chi connectivity index (χ4v) is 4.80. The average molecular weight is 516 g/mol. The summed E-state index contributed by atoms with van der Waals surface area (Å²) in [5.74, 6) is -0.424. The third kappa shape index (κ3) is 5.16. The Morgan fingerprint density at radius 3 is 2.42 bits per heavy atom. The summed E-state index contributed by atoms with van der Waals surface area (Å²) in [6.07, 6.45) is -1.92. The number of amides is 2. The molecule has 1 aliphatic rings. The molecular formula is C30H24F3N3O2. The molecule has 2 amide bonds. The van der Waals surface area contributed by atoms with Gasteiger partial charge in [-0.1, -0.05) is 36.4 Å². The van der Waals surface area contributed by atoms with E-state index in [2.05, 4.69) is 10.3 Å². The summed E-state index contributed by atoms with van der Waals surface area (Å²) in [6.45, 7) is 1.98. The van der Waals surface area contributed by atoms with Gasteiger partial charge in [-0.2, -0.15) is 13.2 Å². The van der Waals surface area contributed by atoms with E-state index in [0.29, 0.717) is 34.5 Å². The zero-order valence-electron chi connectivity index (χ0n) is 20.5. The van der Waals surface area contributed by atoms with Crippen LogP contribution in [0.5, 0.6) is 0 Å². The number of pyridine rings is 1. The maximum Gasteiger partial charge on any atom is 0.416 e. The monoisotopic (exact) mass is 515 g/mol. The van der Waals surface area contributed by atoms with Crippen molar-refractivity contribution in [1.29, 1.82) is 0 Å². The molecule has 0 spiro atoms. The Morgan fingerprint density at radius 2 is 1.71 bits per heavy atom. The maximum atomic E-state index is 13.2. The molecule has 8 heteroatoms. The van der Waals surface area contributed by atoms with Crippen molar-refractivity contribution in [3.8, 4) is 11.1 Å². The number of carbonyl (C=O) groups excluding carboxylic acids is 2. The van der Waals surface area contributed by atoms with Gasteiger partial charge < -0.3 is 10.2 Å². The number of aromatic nitrogens is 1. The molecule has 1 unspecified atom stereocenters. The molecule has 4 aromatic rings. The van der Waals surface area contributed by atoms with E-state index in [9.17, 15) is 22.8 Å². The number of anilines is 2. The summed E-state index contributed by atoms with van der Waals surface area (Å²) in [5.41, 5.74) is 3.66. The van der Waals surface area contributed by atoms with Crippen molar-refractivity contribution >= 4 is 23.2 Å². The Balaban J connectivity index is 1.35. The highest BCUT2D eigenvalue weighted by molar-refractivity contribution is 6.09. The number of nitrogens with zero attached hydrogens (tertiary/aromatic N) is 2. The molecule has 0 saturated heterocycles. The lowest BCUT2D eigenvalue weighted by Gasteiger charge is -2.22. The molecule has 0 fully saturated rings. The van der Waals surface area contributed by atoms with Crippen molar-refractivity contribution in [2.45, 2.75) is 32.0 Å². The van der Waals surface area contributed by atoms with Crippen LogP contribution >= 0.6 is 0 Å². The Bertz CT molecular complexity index is 1490. The molecule has 1 aliphatic heterocycles. The van der Waals surface area contributed by atoms with E-state index in [1.54, 1.807) is 47.5 Å². The zero-order valence-corrected chi connectivity index (χ0v) is 20.5. The minimum Gasteiger partial charge on any atom is -0.322 e. The van der Waals surface area contributed by atoms with Crippen LogP contribution in [-0.4, -0.2) is 22.8 Å². The third-order valence-electron chi connectivity index (χ3n) is 6.58. The second kappa shape index (κ2) is 10.1. The van der Waals surface area contributed by atoms with Gasteiger partial charge in [0.15, 0.2) is 0 Å². The van der Waals surface area contributed by atoms with E-state index in [1.807, 2.05) is 31.2 Å². The SMILES string of the molecule is CC1Cc2cc(NC(=O)c3ccccc3-c3ccc(C(F)(F)F)cc3)ccc2N1C(=O)Cc1ccccn1. The molecule has 1 N–H and O–H groups in total. The maximum absolute atomic E-state index is 13.2.